The van der Waals surface area contributed by atoms with E-state index < -0.39 is 5.60 Å². The quantitative estimate of drug-likeness (QED) is 0.669. The fraction of sp³-hybridized carbons (Fsp3) is 0.545. The first-order valence-corrected chi connectivity index (χ1v) is 9.70. The lowest BCUT2D eigenvalue weighted by Crippen LogP contribution is -2.47. The van der Waals surface area contributed by atoms with Crippen LogP contribution in [0.3, 0.4) is 0 Å². The second kappa shape index (κ2) is 9.18. The third-order valence-electron chi connectivity index (χ3n) is 4.56. The van der Waals surface area contributed by atoms with Crippen molar-refractivity contribution in [2.75, 3.05) is 19.0 Å². The number of benzene rings is 1. The molecule has 1 aromatic heterocycles. The van der Waals surface area contributed by atoms with Crippen molar-refractivity contribution in [3.63, 3.8) is 0 Å². The number of anilines is 1. The normalized spacial score (nSPS) is 12.0. The molecule has 27 heavy (non-hydrogen) atoms. The summed E-state index contributed by atoms with van der Waals surface area (Å²) in [5.74, 6) is 1.29. The molecule has 0 spiro atoms. The van der Waals surface area contributed by atoms with Crippen LogP contribution in [-0.4, -0.2) is 30.2 Å². The molecular formula is C22H32N2O3. The molecule has 0 aliphatic heterocycles. The van der Waals surface area contributed by atoms with Crippen LogP contribution in [0.15, 0.2) is 30.5 Å². The van der Waals surface area contributed by atoms with E-state index in [0.717, 1.165) is 16.6 Å². The minimum absolute atomic E-state index is 0.110. The molecule has 0 aliphatic rings. The van der Waals surface area contributed by atoms with Gasteiger partial charge in [0.2, 0.25) is 0 Å². The topological polar surface area (TPSA) is 60.5 Å². The molecule has 0 bridgehead atoms. The molecule has 0 radical (unpaired) electrons. The second-order valence-electron chi connectivity index (χ2n) is 7.79. The molecule has 5 heteroatoms. The Morgan fingerprint density at radius 3 is 2.37 bits per heavy atom. The van der Waals surface area contributed by atoms with Crippen LogP contribution >= 0.6 is 0 Å². The van der Waals surface area contributed by atoms with Crippen LogP contribution in [-0.2, 0) is 9.53 Å². The van der Waals surface area contributed by atoms with Gasteiger partial charge in [0.1, 0.15) is 16.9 Å². The van der Waals surface area contributed by atoms with E-state index in [2.05, 4.69) is 38.0 Å². The van der Waals surface area contributed by atoms with Crippen LogP contribution in [0, 0.1) is 11.8 Å². The van der Waals surface area contributed by atoms with Crippen molar-refractivity contribution in [2.45, 2.75) is 53.1 Å². The number of hydrogen-bond acceptors (Lipinski definition) is 4. The molecule has 2 aromatic rings. The van der Waals surface area contributed by atoms with E-state index in [4.69, 9.17) is 9.47 Å². The largest absolute Gasteiger partial charge is 0.492 e. The van der Waals surface area contributed by atoms with Gasteiger partial charge in [-0.1, -0.05) is 27.7 Å². The molecule has 1 N–H and O–H groups in total. The average Bonchev–Trinajstić information content (AvgIpc) is 2.62. The molecule has 0 aliphatic carbocycles. The number of carbonyl (C=O) groups is 1. The Labute approximate surface area is 162 Å². The standard InChI is InChI=1S/C22H32N2O3/c1-7-27-19-11-10-18(17-9-8-12-23-20(17)19)24-21(25)22(26-6,13-15(2)3)14-16(4)5/h8-12,15-16H,7,13-14H2,1-6H3,(H,24,25). The number of amides is 1. The molecule has 148 valence electrons. The predicted molar refractivity (Wildman–Crippen MR) is 110 cm³/mol. The van der Waals surface area contributed by atoms with Crippen molar-refractivity contribution < 1.29 is 14.3 Å². The summed E-state index contributed by atoms with van der Waals surface area (Å²) in [5.41, 5.74) is 0.614. The molecule has 0 atom stereocenters. The number of pyridine rings is 1. The van der Waals surface area contributed by atoms with Crippen molar-refractivity contribution >= 4 is 22.5 Å². The molecule has 0 unspecified atom stereocenters. The maximum Gasteiger partial charge on any atom is 0.256 e. The second-order valence-corrected chi connectivity index (χ2v) is 7.79. The Kier molecular flexibility index (Phi) is 7.19. The highest BCUT2D eigenvalue weighted by Crippen LogP contribution is 2.33. The fourth-order valence-electron chi connectivity index (χ4n) is 3.61. The van der Waals surface area contributed by atoms with Gasteiger partial charge in [-0.25, -0.2) is 0 Å². The van der Waals surface area contributed by atoms with Crippen LogP contribution in [0.25, 0.3) is 10.9 Å². The van der Waals surface area contributed by atoms with Crippen molar-refractivity contribution in [1.82, 2.24) is 4.98 Å². The van der Waals surface area contributed by atoms with Gasteiger partial charge in [0.15, 0.2) is 0 Å². The minimum atomic E-state index is -0.852. The molecule has 1 heterocycles. The third kappa shape index (κ3) is 4.98. The van der Waals surface area contributed by atoms with Crippen molar-refractivity contribution in [3.8, 4) is 5.75 Å². The van der Waals surface area contributed by atoms with Crippen LogP contribution in [0.2, 0.25) is 0 Å². The first kappa shape index (κ1) is 21.2. The summed E-state index contributed by atoms with van der Waals surface area (Å²) in [5, 5.41) is 3.95. The lowest BCUT2D eigenvalue weighted by Gasteiger charge is -2.34. The molecular weight excluding hydrogens is 340 g/mol. The van der Waals surface area contributed by atoms with Crippen LogP contribution in [0.1, 0.15) is 47.5 Å². The highest BCUT2D eigenvalue weighted by atomic mass is 16.5. The number of carbonyl (C=O) groups excluding carboxylic acids is 1. The number of hydrogen-bond donors (Lipinski definition) is 1. The SMILES string of the molecule is CCOc1ccc(NC(=O)C(CC(C)C)(CC(C)C)OC)c2cccnc12. The number of ether oxygens (including phenoxy) is 2. The van der Waals surface area contributed by atoms with E-state index in [0.29, 0.717) is 37.0 Å². The van der Waals surface area contributed by atoms with Gasteiger partial charge in [0.05, 0.1) is 12.3 Å². The van der Waals surface area contributed by atoms with Gasteiger partial charge >= 0.3 is 0 Å². The van der Waals surface area contributed by atoms with Crippen molar-refractivity contribution in [3.05, 3.63) is 30.5 Å². The van der Waals surface area contributed by atoms with E-state index in [9.17, 15) is 4.79 Å². The zero-order valence-electron chi connectivity index (χ0n) is 17.3. The Hall–Kier alpha value is -2.14. The maximum absolute atomic E-state index is 13.3. The molecule has 5 nitrogen and oxygen atoms in total. The number of fused-ring (bicyclic) bond motifs is 1. The predicted octanol–water partition coefficient (Wildman–Crippen LogP) is 5.05. The third-order valence-corrected chi connectivity index (χ3v) is 4.56. The molecule has 0 saturated heterocycles. The molecule has 0 fully saturated rings. The smallest absolute Gasteiger partial charge is 0.256 e. The lowest BCUT2D eigenvalue weighted by molar-refractivity contribution is -0.142. The van der Waals surface area contributed by atoms with E-state index in [1.807, 2.05) is 31.2 Å². The summed E-state index contributed by atoms with van der Waals surface area (Å²) >= 11 is 0. The zero-order chi connectivity index (χ0) is 20.0. The summed E-state index contributed by atoms with van der Waals surface area (Å²) in [4.78, 5) is 17.7. The van der Waals surface area contributed by atoms with Gasteiger partial charge in [0.25, 0.3) is 5.91 Å². The first-order chi connectivity index (χ1) is 12.8. The average molecular weight is 373 g/mol. The van der Waals surface area contributed by atoms with Gasteiger partial charge in [-0.15, -0.1) is 0 Å². The molecule has 2 rings (SSSR count). The van der Waals surface area contributed by atoms with E-state index in [1.165, 1.54) is 0 Å². The Bertz CT molecular complexity index is 761. The van der Waals surface area contributed by atoms with Crippen LogP contribution < -0.4 is 10.1 Å². The molecule has 0 saturated carbocycles. The first-order valence-electron chi connectivity index (χ1n) is 9.70. The minimum Gasteiger partial charge on any atom is -0.492 e. The highest BCUT2D eigenvalue weighted by Gasteiger charge is 2.40. The summed E-state index contributed by atoms with van der Waals surface area (Å²) in [6.07, 6.45) is 3.06. The van der Waals surface area contributed by atoms with Gasteiger partial charge in [-0.3, -0.25) is 9.78 Å². The maximum atomic E-state index is 13.3. The number of nitrogens with one attached hydrogen (secondary N) is 1. The van der Waals surface area contributed by atoms with Gasteiger partial charge in [-0.05, 0) is 55.9 Å². The summed E-state index contributed by atoms with van der Waals surface area (Å²) in [6.45, 7) is 10.9. The van der Waals surface area contributed by atoms with Gasteiger partial charge in [0, 0.05) is 18.7 Å². The van der Waals surface area contributed by atoms with Crippen molar-refractivity contribution in [1.29, 1.82) is 0 Å². The molecule has 1 aromatic carbocycles. The van der Waals surface area contributed by atoms with E-state index in [-0.39, 0.29) is 5.91 Å². The monoisotopic (exact) mass is 372 g/mol. The number of rotatable bonds is 9. The fourth-order valence-corrected chi connectivity index (χ4v) is 3.61. The lowest BCUT2D eigenvalue weighted by atomic mass is 9.84. The number of methoxy groups -OCH3 is 1. The van der Waals surface area contributed by atoms with Gasteiger partial charge < -0.3 is 14.8 Å². The van der Waals surface area contributed by atoms with Crippen LogP contribution in [0.5, 0.6) is 5.75 Å². The van der Waals surface area contributed by atoms with Gasteiger partial charge in [-0.2, -0.15) is 0 Å². The van der Waals surface area contributed by atoms with Crippen LogP contribution in [0.4, 0.5) is 5.69 Å². The number of aromatic nitrogens is 1. The molecule has 1 amide bonds. The number of nitrogens with zero attached hydrogens (tertiary/aromatic N) is 1. The van der Waals surface area contributed by atoms with E-state index in [1.54, 1.807) is 13.3 Å². The van der Waals surface area contributed by atoms with Crippen molar-refractivity contribution in [2.24, 2.45) is 11.8 Å². The Morgan fingerprint density at radius 1 is 1.15 bits per heavy atom. The zero-order valence-corrected chi connectivity index (χ0v) is 17.3. The Balaban J connectivity index is 2.41. The summed E-state index contributed by atoms with van der Waals surface area (Å²) in [6, 6.07) is 7.53. The highest BCUT2D eigenvalue weighted by molar-refractivity contribution is 6.05. The summed E-state index contributed by atoms with van der Waals surface area (Å²) in [7, 11) is 1.63. The summed E-state index contributed by atoms with van der Waals surface area (Å²) < 4.78 is 11.5. The Morgan fingerprint density at radius 2 is 1.81 bits per heavy atom. The van der Waals surface area contributed by atoms with E-state index >= 15 is 0 Å².